The molecule has 3 aromatic rings. The summed E-state index contributed by atoms with van der Waals surface area (Å²) in [5.74, 6) is 2.11. The van der Waals surface area contributed by atoms with Crippen molar-refractivity contribution >= 4 is 0 Å². The maximum absolute atomic E-state index is 5.40. The van der Waals surface area contributed by atoms with Crippen LogP contribution < -0.4 is 9.47 Å². The number of methoxy groups -OCH3 is 2. The molecule has 0 N–H and O–H groups in total. The summed E-state index contributed by atoms with van der Waals surface area (Å²) in [6.45, 7) is 3.04. The lowest BCUT2D eigenvalue weighted by Gasteiger charge is -2.33. The summed E-state index contributed by atoms with van der Waals surface area (Å²) < 4.78 is 10.7. The second-order valence-corrected chi connectivity index (χ2v) is 7.44. The SMILES string of the molecule is COc1ccc(CN2CCCC(c3nccnc3-c3cccc(OC)c3)C2)cc1. The van der Waals surface area contributed by atoms with Gasteiger partial charge in [0, 0.05) is 37.0 Å². The number of rotatable bonds is 6. The number of aromatic nitrogens is 2. The van der Waals surface area contributed by atoms with Crippen molar-refractivity contribution in [2.45, 2.75) is 25.3 Å². The fourth-order valence-electron chi connectivity index (χ4n) is 4.05. The normalized spacial score (nSPS) is 17.1. The molecule has 1 atom stereocenters. The lowest BCUT2D eigenvalue weighted by Crippen LogP contribution is -2.34. The standard InChI is InChI=1S/C24H27N3O2/c1-28-21-10-8-18(9-11-21)16-27-14-4-6-20(17-27)24-23(25-12-13-26-24)19-5-3-7-22(15-19)29-2/h3,5,7-13,15,20H,4,6,14,16-17H2,1-2H3. The Hall–Kier alpha value is -2.92. The Balaban J connectivity index is 1.53. The predicted molar refractivity (Wildman–Crippen MR) is 114 cm³/mol. The van der Waals surface area contributed by atoms with Crippen LogP contribution in [-0.4, -0.2) is 42.2 Å². The highest BCUT2D eigenvalue weighted by Gasteiger charge is 2.25. The molecule has 0 spiro atoms. The molecular weight excluding hydrogens is 362 g/mol. The molecule has 0 amide bonds. The van der Waals surface area contributed by atoms with E-state index in [2.05, 4.69) is 28.1 Å². The molecule has 5 heteroatoms. The Morgan fingerprint density at radius 1 is 0.966 bits per heavy atom. The maximum Gasteiger partial charge on any atom is 0.119 e. The van der Waals surface area contributed by atoms with Crippen molar-refractivity contribution in [3.63, 3.8) is 0 Å². The third-order valence-electron chi connectivity index (χ3n) is 5.53. The van der Waals surface area contributed by atoms with Gasteiger partial charge in [-0.3, -0.25) is 14.9 Å². The van der Waals surface area contributed by atoms with Gasteiger partial charge in [-0.1, -0.05) is 24.3 Å². The van der Waals surface area contributed by atoms with E-state index in [9.17, 15) is 0 Å². The number of benzene rings is 2. The molecule has 2 aromatic carbocycles. The minimum Gasteiger partial charge on any atom is -0.497 e. The largest absolute Gasteiger partial charge is 0.497 e. The van der Waals surface area contributed by atoms with Gasteiger partial charge in [0.25, 0.3) is 0 Å². The summed E-state index contributed by atoms with van der Waals surface area (Å²) in [5, 5.41) is 0. The molecule has 29 heavy (non-hydrogen) atoms. The van der Waals surface area contributed by atoms with Crippen LogP contribution in [0.5, 0.6) is 11.5 Å². The van der Waals surface area contributed by atoms with E-state index in [0.29, 0.717) is 5.92 Å². The highest BCUT2D eigenvalue weighted by atomic mass is 16.5. The molecule has 1 saturated heterocycles. The molecule has 1 unspecified atom stereocenters. The summed E-state index contributed by atoms with van der Waals surface area (Å²) >= 11 is 0. The number of likely N-dealkylation sites (tertiary alicyclic amines) is 1. The van der Waals surface area contributed by atoms with Gasteiger partial charge in [-0.15, -0.1) is 0 Å². The second kappa shape index (κ2) is 9.05. The van der Waals surface area contributed by atoms with Crippen molar-refractivity contribution < 1.29 is 9.47 Å². The lowest BCUT2D eigenvalue weighted by atomic mass is 9.91. The highest BCUT2D eigenvalue weighted by molar-refractivity contribution is 5.64. The van der Waals surface area contributed by atoms with Crippen LogP contribution in [0.4, 0.5) is 0 Å². The lowest BCUT2D eigenvalue weighted by molar-refractivity contribution is 0.198. The topological polar surface area (TPSA) is 47.5 Å². The summed E-state index contributed by atoms with van der Waals surface area (Å²) in [7, 11) is 3.39. The smallest absolute Gasteiger partial charge is 0.119 e. The number of piperidine rings is 1. The van der Waals surface area contributed by atoms with Gasteiger partial charge >= 0.3 is 0 Å². The first-order valence-corrected chi connectivity index (χ1v) is 10.1. The second-order valence-electron chi connectivity index (χ2n) is 7.44. The minimum atomic E-state index is 0.372. The molecular formula is C24H27N3O2. The Morgan fingerprint density at radius 2 is 1.76 bits per heavy atom. The van der Waals surface area contributed by atoms with Gasteiger partial charge in [0.05, 0.1) is 25.6 Å². The molecule has 0 aliphatic carbocycles. The van der Waals surface area contributed by atoms with Crippen LogP contribution in [0.2, 0.25) is 0 Å². The molecule has 2 heterocycles. The predicted octanol–water partition coefficient (Wildman–Crippen LogP) is 4.54. The van der Waals surface area contributed by atoms with Gasteiger partial charge < -0.3 is 9.47 Å². The van der Waals surface area contributed by atoms with Gasteiger partial charge in [0.15, 0.2) is 0 Å². The Morgan fingerprint density at radius 3 is 2.55 bits per heavy atom. The Kier molecular flexibility index (Phi) is 6.06. The average molecular weight is 389 g/mol. The van der Waals surface area contributed by atoms with E-state index < -0.39 is 0 Å². The van der Waals surface area contributed by atoms with Crippen molar-refractivity contribution in [3.05, 3.63) is 72.2 Å². The van der Waals surface area contributed by atoms with Crippen LogP contribution in [0.1, 0.15) is 30.0 Å². The summed E-state index contributed by atoms with van der Waals surface area (Å²) in [4.78, 5) is 11.9. The van der Waals surface area contributed by atoms with Crippen molar-refractivity contribution in [2.75, 3.05) is 27.3 Å². The fraction of sp³-hybridized carbons (Fsp3) is 0.333. The number of hydrogen-bond donors (Lipinski definition) is 0. The van der Waals surface area contributed by atoms with Crippen LogP contribution >= 0.6 is 0 Å². The Bertz CT molecular complexity index is 943. The monoisotopic (exact) mass is 389 g/mol. The van der Waals surface area contributed by atoms with Crippen LogP contribution in [0.3, 0.4) is 0 Å². The van der Waals surface area contributed by atoms with Gasteiger partial charge in [-0.05, 0) is 49.2 Å². The molecule has 150 valence electrons. The molecule has 0 saturated carbocycles. The molecule has 0 bridgehead atoms. The third kappa shape index (κ3) is 4.57. The van der Waals surface area contributed by atoms with E-state index >= 15 is 0 Å². The fourth-order valence-corrected chi connectivity index (χ4v) is 4.05. The van der Waals surface area contributed by atoms with Gasteiger partial charge in [0.1, 0.15) is 11.5 Å². The van der Waals surface area contributed by atoms with Crippen molar-refractivity contribution in [1.29, 1.82) is 0 Å². The zero-order chi connectivity index (χ0) is 20.1. The first-order valence-electron chi connectivity index (χ1n) is 10.1. The average Bonchev–Trinajstić information content (AvgIpc) is 2.80. The molecule has 1 aromatic heterocycles. The molecule has 4 rings (SSSR count). The van der Waals surface area contributed by atoms with E-state index in [1.54, 1.807) is 26.6 Å². The van der Waals surface area contributed by atoms with Crippen LogP contribution in [0, 0.1) is 0 Å². The zero-order valence-electron chi connectivity index (χ0n) is 17.0. The Labute approximate surface area is 172 Å². The van der Waals surface area contributed by atoms with Gasteiger partial charge in [-0.25, -0.2) is 0 Å². The molecule has 5 nitrogen and oxygen atoms in total. The molecule has 1 fully saturated rings. The first kappa shape index (κ1) is 19.4. The first-order chi connectivity index (χ1) is 14.3. The highest BCUT2D eigenvalue weighted by Crippen LogP contribution is 2.33. The third-order valence-corrected chi connectivity index (χ3v) is 5.53. The van der Waals surface area contributed by atoms with Crippen molar-refractivity contribution in [2.24, 2.45) is 0 Å². The molecule has 1 aliphatic heterocycles. The van der Waals surface area contributed by atoms with Crippen molar-refractivity contribution in [1.82, 2.24) is 14.9 Å². The van der Waals surface area contributed by atoms with E-state index in [1.807, 2.05) is 30.3 Å². The van der Waals surface area contributed by atoms with Crippen LogP contribution in [-0.2, 0) is 6.54 Å². The summed E-state index contributed by atoms with van der Waals surface area (Å²) in [6.07, 6.45) is 5.88. The molecule has 1 aliphatic rings. The zero-order valence-corrected chi connectivity index (χ0v) is 17.0. The number of hydrogen-bond acceptors (Lipinski definition) is 5. The summed E-state index contributed by atoms with van der Waals surface area (Å²) in [5.41, 5.74) is 4.40. The van der Waals surface area contributed by atoms with Crippen LogP contribution in [0.25, 0.3) is 11.3 Å². The maximum atomic E-state index is 5.40. The van der Waals surface area contributed by atoms with E-state index in [-0.39, 0.29) is 0 Å². The van der Waals surface area contributed by atoms with Crippen LogP contribution in [0.15, 0.2) is 60.9 Å². The number of nitrogens with zero attached hydrogens (tertiary/aromatic N) is 3. The van der Waals surface area contributed by atoms with E-state index in [1.165, 1.54) is 5.56 Å². The minimum absolute atomic E-state index is 0.372. The van der Waals surface area contributed by atoms with Gasteiger partial charge in [0.2, 0.25) is 0 Å². The quantitative estimate of drug-likeness (QED) is 0.619. The molecule has 0 radical (unpaired) electrons. The van der Waals surface area contributed by atoms with E-state index in [0.717, 1.165) is 60.9 Å². The van der Waals surface area contributed by atoms with E-state index in [4.69, 9.17) is 14.5 Å². The van der Waals surface area contributed by atoms with Crippen molar-refractivity contribution in [3.8, 4) is 22.8 Å². The van der Waals surface area contributed by atoms with Gasteiger partial charge in [-0.2, -0.15) is 0 Å². The summed E-state index contributed by atoms with van der Waals surface area (Å²) in [6, 6.07) is 16.4. The number of ether oxygens (including phenoxy) is 2.